The van der Waals surface area contributed by atoms with Gasteiger partial charge in [-0.15, -0.1) is 0 Å². The number of hydrogen-bond acceptors (Lipinski definition) is 10. The maximum absolute atomic E-state index is 13.2. The standard InChI is InChI=1S/C48H53N6O6P/c1-32(2)61(33(3)4,28-14-27-49)60-43-34(5)47(54-31-52-42-44(50-30-51-45(42)54)53-46(55)35-15-10-8-11-16-35)59-41(43)29-58-48(36-17-12-9-13-18-36,37-19-23-39(56-6)24-20-37)38-21-25-40(57-7)26-22-38/h8-13,15-26,30-34,41,43,47H,14,28-29H2,1-7H3/p+1/t34-,41+,43-,47+/m0/s1. The number of hydrogen-bond donors (Lipinski definition) is 1. The zero-order chi connectivity index (χ0) is 43.1. The molecule has 0 spiro atoms. The molecule has 13 heteroatoms. The normalized spacial score (nSPS) is 18.0. The minimum absolute atomic E-state index is 0.132. The number of anilines is 1. The van der Waals surface area contributed by atoms with Gasteiger partial charge in [0.1, 0.15) is 41.9 Å². The number of methoxy groups -OCH3 is 2. The number of aromatic nitrogens is 4. The van der Waals surface area contributed by atoms with E-state index in [0.717, 1.165) is 28.2 Å². The van der Waals surface area contributed by atoms with Crippen LogP contribution in [0.15, 0.2) is 122 Å². The zero-order valence-electron chi connectivity index (χ0n) is 35.8. The van der Waals surface area contributed by atoms with Gasteiger partial charge in [-0.3, -0.25) is 9.36 Å². The van der Waals surface area contributed by atoms with E-state index in [1.165, 1.54) is 6.33 Å². The number of imidazole rings is 1. The van der Waals surface area contributed by atoms with E-state index in [-0.39, 0.29) is 29.7 Å². The number of nitrogens with zero attached hydrogens (tertiary/aromatic N) is 5. The predicted octanol–water partition coefficient (Wildman–Crippen LogP) is 9.69. The highest BCUT2D eigenvalue weighted by atomic mass is 31.2. The summed E-state index contributed by atoms with van der Waals surface area (Å²) in [6.45, 7) is 11.1. The number of benzene rings is 4. The van der Waals surface area contributed by atoms with Crippen molar-refractivity contribution >= 4 is 30.4 Å². The Bertz CT molecular complexity index is 2370. The van der Waals surface area contributed by atoms with Gasteiger partial charge in [0, 0.05) is 11.5 Å². The van der Waals surface area contributed by atoms with Gasteiger partial charge < -0.3 is 24.3 Å². The maximum Gasteiger partial charge on any atom is 0.256 e. The summed E-state index contributed by atoms with van der Waals surface area (Å²) in [7, 11) is 1.08. The second-order valence-electron chi connectivity index (χ2n) is 15.8. The molecule has 0 unspecified atom stereocenters. The van der Waals surface area contributed by atoms with Crippen LogP contribution in [-0.4, -0.2) is 75.9 Å². The highest BCUT2D eigenvalue weighted by Gasteiger charge is 2.55. The van der Waals surface area contributed by atoms with Crippen LogP contribution >= 0.6 is 7.49 Å². The first-order valence-electron chi connectivity index (χ1n) is 20.7. The number of rotatable bonds is 17. The molecule has 0 bridgehead atoms. The molecular weight excluding hydrogens is 788 g/mol. The van der Waals surface area contributed by atoms with Gasteiger partial charge in [0.25, 0.3) is 5.91 Å². The molecule has 0 radical (unpaired) electrons. The molecule has 1 saturated heterocycles. The van der Waals surface area contributed by atoms with Gasteiger partial charge in [-0.1, -0.05) is 79.7 Å². The molecule has 4 atom stereocenters. The largest absolute Gasteiger partial charge is 0.497 e. The Morgan fingerprint density at radius 3 is 1.97 bits per heavy atom. The van der Waals surface area contributed by atoms with Crippen molar-refractivity contribution in [2.45, 2.75) is 76.4 Å². The van der Waals surface area contributed by atoms with E-state index in [1.807, 2.05) is 89.5 Å². The second kappa shape index (κ2) is 18.9. The lowest BCUT2D eigenvalue weighted by Gasteiger charge is -2.39. The number of nitrogens with one attached hydrogen (secondary N) is 1. The van der Waals surface area contributed by atoms with Crippen molar-refractivity contribution in [2.75, 3.05) is 32.3 Å². The molecule has 4 aromatic carbocycles. The van der Waals surface area contributed by atoms with E-state index < -0.39 is 31.5 Å². The van der Waals surface area contributed by atoms with Crippen LogP contribution in [0.1, 0.15) is 74.3 Å². The molecule has 316 valence electrons. The molecule has 2 aromatic heterocycles. The van der Waals surface area contributed by atoms with E-state index in [0.29, 0.717) is 35.1 Å². The van der Waals surface area contributed by atoms with Crippen molar-refractivity contribution in [3.05, 3.63) is 144 Å². The third kappa shape index (κ3) is 8.62. The Balaban J connectivity index is 1.32. The number of ether oxygens (including phenoxy) is 4. The third-order valence-electron chi connectivity index (χ3n) is 11.8. The highest BCUT2D eigenvalue weighted by molar-refractivity contribution is 7.72. The fourth-order valence-corrected chi connectivity index (χ4v) is 12.6. The molecule has 7 rings (SSSR count). The van der Waals surface area contributed by atoms with E-state index in [1.54, 1.807) is 32.7 Å². The number of amides is 1. The smallest absolute Gasteiger partial charge is 0.256 e. The first-order valence-corrected chi connectivity index (χ1v) is 22.7. The lowest BCUT2D eigenvalue weighted by molar-refractivity contribution is -0.0905. The minimum Gasteiger partial charge on any atom is -0.497 e. The highest BCUT2D eigenvalue weighted by Crippen LogP contribution is 2.70. The van der Waals surface area contributed by atoms with Gasteiger partial charge >= 0.3 is 0 Å². The number of carbonyl (C=O) groups is 1. The van der Waals surface area contributed by atoms with Gasteiger partial charge in [-0.2, -0.15) is 5.26 Å². The lowest BCUT2D eigenvalue weighted by atomic mass is 9.80. The van der Waals surface area contributed by atoms with Crippen molar-refractivity contribution in [2.24, 2.45) is 5.92 Å². The average molecular weight is 842 g/mol. The molecule has 1 aliphatic rings. The number of carbonyl (C=O) groups excluding carboxylic acids is 1. The van der Waals surface area contributed by atoms with E-state index in [9.17, 15) is 10.1 Å². The molecule has 1 amide bonds. The van der Waals surface area contributed by atoms with Gasteiger partial charge in [-0.25, -0.2) is 19.5 Å². The van der Waals surface area contributed by atoms with Crippen LogP contribution in [0.3, 0.4) is 0 Å². The average Bonchev–Trinajstić information content (AvgIpc) is 3.86. The van der Waals surface area contributed by atoms with Crippen LogP contribution in [0, 0.1) is 17.2 Å². The van der Waals surface area contributed by atoms with E-state index in [2.05, 4.69) is 68.1 Å². The summed E-state index contributed by atoms with van der Waals surface area (Å²) in [6, 6.07) is 37.4. The topological polar surface area (TPSA) is 143 Å². The number of fused-ring (bicyclic) bond motifs is 1. The van der Waals surface area contributed by atoms with Crippen molar-refractivity contribution in [1.82, 2.24) is 19.5 Å². The first-order chi connectivity index (χ1) is 29.6. The Morgan fingerprint density at radius 1 is 0.836 bits per heavy atom. The molecule has 0 aliphatic carbocycles. The van der Waals surface area contributed by atoms with Crippen molar-refractivity contribution in [3.63, 3.8) is 0 Å². The van der Waals surface area contributed by atoms with Crippen LogP contribution in [-0.2, 0) is 19.6 Å². The van der Waals surface area contributed by atoms with Crippen LogP contribution in [0.5, 0.6) is 11.5 Å². The quantitative estimate of drug-likeness (QED) is 0.0697. The SMILES string of the molecule is COc1ccc(C(OC[C@H]2O[C@@H](n3cnc4c(NC(=O)c5ccccc5)ncnc43)[C@@H](C)[C@@H]2O[P+](CCC#N)(C(C)C)C(C)C)(c2ccccc2)c2ccc(OC)cc2)cc1. The molecule has 3 heterocycles. The van der Waals surface area contributed by atoms with E-state index >= 15 is 0 Å². The molecular formula is C48H54N6O6P+. The Hall–Kier alpha value is -5.70. The van der Waals surface area contributed by atoms with Gasteiger partial charge in [-0.05, 0) is 80.8 Å². The van der Waals surface area contributed by atoms with Crippen molar-refractivity contribution < 1.29 is 28.3 Å². The molecule has 0 saturated carbocycles. The van der Waals surface area contributed by atoms with Gasteiger partial charge in [0.2, 0.25) is 0 Å². The van der Waals surface area contributed by atoms with Gasteiger partial charge in [0.15, 0.2) is 24.5 Å². The lowest BCUT2D eigenvalue weighted by Crippen LogP contribution is -2.40. The summed E-state index contributed by atoms with van der Waals surface area (Å²) < 4.78 is 35.2. The van der Waals surface area contributed by atoms with Gasteiger partial charge in [0.05, 0.1) is 57.1 Å². The van der Waals surface area contributed by atoms with Crippen molar-refractivity contribution in [3.8, 4) is 17.6 Å². The molecule has 12 nitrogen and oxygen atoms in total. The Labute approximate surface area is 358 Å². The minimum atomic E-state index is -2.23. The summed E-state index contributed by atoms with van der Waals surface area (Å²) in [5.74, 6) is 1.22. The maximum atomic E-state index is 13.2. The third-order valence-corrected chi connectivity index (χ3v) is 16.9. The van der Waals surface area contributed by atoms with Crippen molar-refractivity contribution in [1.29, 1.82) is 5.26 Å². The van der Waals surface area contributed by atoms with Crippen LogP contribution in [0.25, 0.3) is 11.2 Å². The summed E-state index contributed by atoms with van der Waals surface area (Å²) in [4.78, 5) is 27.0. The Morgan fingerprint density at radius 2 is 1.41 bits per heavy atom. The number of nitriles is 1. The van der Waals surface area contributed by atoms with Crippen LogP contribution in [0.2, 0.25) is 0 Å². The fourth-order valence-electron chi connectivity index (χ4n) is 8.54. The molecule has 6 aromatic rings. The molecule has 1 N–H and O–H groups in total. The fraction of sp³-hybridized carbons (Fsp3) is 0.354. The summed E-state index contributed by atoms with van der Waals surface area (Å²) in [5, 5.41) is 12.8. The molecule has 61 heavy (non-hydrogen) atoms. The molecule has 1 fully saturated rings. The zero-order valence-corrected chi connectivity index (χ0v) is 36.7. The van der Waals surface area contributed by atoms with Crippen LogP contribution in [0.4, 0.5) is 5.82 Å². The Kier molecular flexibility index (Phi) is 13.5. The van der Waals surface area contributed by atoms with Crippen LogP contribution < -0.4 is 14.8 Å². The summed E-state index contributed by atoms with van der Waals surface area (Å²) in [6.07, 6.45) is 2.56. The summed E-state index contributed by atoms with van der Waals surface area (Å²) >= 11 is 0. The second-order valence-corrected chi connectivity index (χ2v) is 20.3. The molecule has 1 aliphatic heterocycles. The predicted molar refractivity (Wildman–Crippen MR) is 238 cm³/mol. The van der Waals surface area contributed by atoms with E-state index in [4.69, 9.17) is 28.5 Å². The summed E-state index contributed by atoms with van der Waals surface area (Å²) in [5.41, 5.74) is 3.43. The first kappa shape index (κ1) is 43.4. The monoisotopic (exact) mass is 841 g/mol.